The Labute approximate surface area is 142 Å². The van der Waals surface area contributed by atoms with E-state index in [1.165, 1.54) is 30.3 Å². The number of carbonyl (C=O) groups excluding carboxylic acids is 1. The van der Waals surface area contributed by atoms with E-state index >= 15 is 0 Å². The first-order valence-electron chi connectivity index (χ1n) is 7.81. The second kappa shape index (κ2) is 6.74. The highest BCUT2D eigenvalue weighted by Crippen LogP contribution is 2.30. The molecule has 3 rings (SSSR count). The van der Waals surface area contributed by atoms with Crippen molar-refractivity contribution in [2.45, 2.75) is 6.18 Å². The molecule has 0 unspecified atom stereocenters. The summed E-state index contributed by atoms with van der Waals surface area (Å²) in [4.78, 5) is 15.9. The number of halogens is 4. The molecular weight excluding hydrogens is 336 g/mol. The van der Waals surface area contributed by atoms with Crippen LogP contribution in [0.1, 0.15) is 15.9 Å². The van der Waals surface area contributed by atoms with E-state index in [4.69, 9.17) is 0 Å². The standard InChI is InChI=1S/C18H16F4N2O/c19-15-3-1-2-13(12-15)17(25)24-10-8-23(9-11-24)16-6-4-14(5-7-16)18(20,21)22/h1-7,12H,8-11H2. The number of alkyl halides is 3. The molecule has 0 aliphatic carbocycles. The van der Waals surface area contributed by atoms with Crippen molar-refractivity contribution in [3.8, 4) is 0 Å². The number of anilines is 1. The molecule has 7 heteroatoms. The summed E-state index contributed by atoms with van der Waals surface area (Å²) in [7, 11) is 0. The van der Waals surface area contributed by atoms with E-state index in [-0.39, 0.29) is 5.91 Å². The molecule has 0 bridgehead atoms. The molecule has 1 fully saturated rings. The van der Waals surface area contributed by atoms with Crippen molar-refractivity contribution in [3.05, 3.63) is 65.5 Å². The van der Waals surface area contributed by atoms with E-state index in [9.17, 15) is 22.4 Å². The number of rotatable bonds is 2. The molecule has 1 amide bonds. The lowest BCUT2D eigenvalue weighted by molar-refractivity contribution is -0.137. The molecule has 1 aliphatic heterocycles. The number of carbonyl (C=O) groups is 1. The van der Waals surface area contributed by atoms with Crippen LogP contribution in [0.5, 0.6) is 0 Å². The van der Waals surface area contributed by atoms with Crippen LogP contribution in [0.3, 0.4) is 0 Å². The third-order valence-electron chi connectivity index (χ3n) is 4.20. The largest absolute Gasteiger partial charge is 0.416 e. The molecule has 0 atom stereocenters. The third kappa shape index (κ3) is 3.92. The summed E-state index contributed by atoms with van der Waals surface area (Å²) < 4.78 is 51.1. The number of hydrogen-bond acceptors (Lipinski definition) is 2. The average molecular weight is 352 g/mol. The summed E-state index contributed by atoms with van der Waals surface area (Å²) in [6.45, 7) is 1.87. The summed E-state index contributed by atoms with van der Waals surface area (Å²) in [5, 5.41) is 0. The van der Waals surface area contributed by atoms with Gasteiger partial charge >= 0.3 is 6.18 Å². The normalized spacial score (nSPS) is 15.4. The van der Waals surface area contributed by atoms with Gasteiger partial charge in [-0.2, -0.15) is 13.2 Å². The number of amides is 1. The van der Waals surface area contributed by atoms with Gasteiger partial charge in [0.25, 0.3) is 5.91 Å². The zero-order chi connectivity index (χ0) is 18.0. The van der Waals surface area contributed by atoms with E-state index in [0.29, 0.717) is 37.4 Å². The van der Waals surface area contributed by atoms with E-state index in [2.05, 4.69) is 0 Å². The Bertz CT molecular complexity index is 750. The van der Waals surface area contributed by atoms with Crippen molar-refractivity contribution in [3.63, 3.8) is 0 Å². The van der Waals surface area contributed by atoms with Gasteiger partial charge in [-0.3, -0.25) is 4.79 Å². The van der Waals surface area contributed by atoms with Crippen molar-refractivity contribution in [2.24, 2.45) is 0 Å². The van der Waals surface area contributed by atoms with Gasteiger partial charge in [0, 0.05) is 37.4 Å². The Balaban J connectivity index is 1.63. The van der Waals surface area contributed by atoms with Crippen LogP contribution in [0.25, 0.3) is 0 Å². The first-order valence-corrected chi connectivity index (χ1v) is 7.81. The summed E-state index contributed by atoms with van der Waals surface area (Å²) in [5.74, 6) is -0.708. The fraction of sp³-hybridized carbons (Fsp3) is 0.278. The van der Waals surface area contributed by atoms with Crippen LogP contribution in [0.4, 0.5) is 23.2 Å². The van der Waals surface area contributed by atoms with Crippen molar-refractivity contribution >= 4 is 11.6 Å². The van der Waals surface area contributed by atoms with Gasteiger partial charge in [0.1, 0.15) is 5.82 Å². The van der Waals surface area contributed by atoms with E-state index in [1.54, 1.807) is 11.0 Å². The van der Waals surface area contributed by atoms with Crippen LogP contribution < -0.4 is 4.90 Å². The summed E-state index contributed by atoms with van der Waals surface area (Å²) in [5.41, 5.74) is 0.296. The van der Waals surface area contributed by atoms with Gasteiger partial charge < -0.3 is 9.80 Å². The Hall–Kier alpha value is -2.57. The van der Waals surface area contributed by atoms with Gasteiger partial charge in [-0.15, -0.1) is 0 Å². The lowest BCUT2D eigenvalue weighted by Gasteiger charge is -2.36. The minimum atomic E-state index is -4.35. The molecule has 1 saturated heterocycles. The topological polar surface area (TPSA) is 23.6 Å². The zero-order valence-corrected chi connectivity index (χ0v) is 13.3. The Morgan fingerprint density at radius 2 is 1.56 bits per heavy atom. The van der Waals surface area contributed by atoms with Gasteiger partial charge in [-0.05, 0) is 42.5 Å². The molecule has 0 spiro atoms. The quantitative estimate of drug-likeness (QED) is 0.768. The smallest absolute Gasteiger partial charge is 0.368 e. The Morgan fingerprint density at radius 1 is 0.920 bits per heavy atom. The summed E-state index contributed by atoms with van der Waals surface area (Å²) >= 11 is 0. The molecule has 0 N–H and O–H groups in total. The number of hydrogen-bond donors (Lipinski definition) is 0. The molecule has 1 aliphatic rings. The van der Waals surface area contributed by atoms with Crippen LogP contribution in [0, 0.1) is 5.82 Å². The van der Waals surface area contributed by atoms with Crippen LogP contribution >= 0.6 is 0 Å². The molecule has 132 valence electrons. The van der Waals surface area contributed by atoms with Crippen LogP contribution in [0.2, 0.25) is 0 Å². The van der Waals surface area contributed by atoms with Crippen LogP contribution in [-0.4, -0.2) is 37.0 Å². The van der Waals surface area contributed by atoms with E-state index in [1.807, 2.05) is 4.90 Å². The first kappa shape index (κ1) is 17.3. The molecular formula is C18H16F4N2O. The van der Waals surface area contributed by atoms with Gasteiger partial charge in [-0.1, -0.05) is 6.07 Å². The fourth-order valence-electron chi connectivity index (χ4n) is 2.83. The molecule has 2 aromatic carbocycles. The molecule has 3 nitrogen and oxygen atoms in total. The molecule has 0 saturated carbocycles. The number of piperazine rings is 1. The molecule has 0 radical (unpaired) electrons. The summed E-state index contributed by atoms with van der Waals surface area (Å²) in [6.07, 6.45) is -4.35. The molecule has 25 heavy (non-hydrogen) atoms. The second-order valence-electron chi connectivity index (χ2n) is 5.83. The van der Waals surface area contributed by atoms with Crippen molar-refractivity contribution in [2.75, 3.05) is 31.1 Å². The predicted molar refractivity (Wildman–Crippen MR) is 86.0 cm³/mol. The van der Waals surface area contributed by atoms with Gasteiger partial charge in [0.05, 0.1) is 5.56 Å². The molecule has 0 aromatic heterocycles. The van der Waals surface area contributed by atoms with Crippen LogP contribution in [-0.2, 0) is 6.18 Å². The molecule has 1 heterocycles. The third-order valence-corrected chi connectivity index (χ3v) is 4.20. The SMILES string of the molecule is O=C(c1cccc(F)c1)N1CCN(c2ccc(C(F)(F)F)cc2)CC1. The Kier molecular flexibility index (Phi) is 4.65. The lowest BCUT2D eigenvalue weighted by Crippen LogP contribution is -2.48. The van der Waals surface area contributed by atoms with E-state index < -0.39 is 17.6 Å². The highest BCUT2D eigenvalue weighted by atomic mass is 19.4. The fourth-order valence-corrected chi connectivity index (χ4v) is 2.83. The predicted octanol–water partition coefficient (Wildman–Crippen LogP) is 3.81. The average Bonchev–Trinajstić information content (AvgIpc) is 2.61. The summed E-state index contributed by atoms with van der Waals surface area (Å²) in [6, 6.07) is 10.5. The van der Waals surface area contributed by atoms with Crippen molar-refractivity contribution in [1.82, 2.24) is 4.90 Å². The lowest BCUT2D eigenvalue weighted by atomic mass is 10.1. The van der Waals surface area contributed by atoms with E-state index in [0.717, 1.165) is 12.1 Å². The highest BCUT2D eigenvalue weighted by molar-refractivity contribution is 5.94. The van der Waals surface area contributed by atoms with Crippen molar-refractivity contribution < 1.29 is 22.4 Å². The molecule has 2 aromatic rings. The Morgan fingerprint density at radius 3 is 2.12 bits per heavy atom. The van der Waals surface area contributed by atoms with Gasteiger partial charge in [0.2, 0.25) is 0 Å². The number of nitrogens with zero attached hydrogens (tertiary/aromatic N) is 2. The maximum absolute atomic E-state index is 13.2. The number of benzene rings is 2. The monoisotopic (exact) mass is 352 g/mol. The maximum Gasteiger partial charge on any atom is 0.416 e. The minimum Gasteiger partial charge on any atom is -0.368 e. The van der Waals surface area contributed by atoms with Crippen molar-refractivity contribution in [1.29, 1.82) is 0 Å². The van der Waals surface area contributed by atoms with Crippen LogP contribution in [0.15, 0.2) is 48.5 Å². The van der Waals surface area contributed by atoms with Gasteiger partial charge in [0.15, 0.2) is 0 Å². The maximum atomic E-state index is 13.2. The highest BCUT2D eigenvalue weighted by Gasteiger charge is 2.30. The second-order valence-corrected chi connectivity index (χ2v) is 5.83. The first-order chi connectivity index (χ1) is 11.8. The van der Waals surface area contributed by atoms with Gasteiger partial charge in [-0.25, -0.2) is 4.39 Å². The minimum absolute atomic E-state index is 0.244. The zero-order valence-electron chi connectivity index (χ0n) is 13.3.